The van der Waals surface area contributed by atoms with Gasteiger partial charge in [-0.15, -0.1) is 0 Å². The molecule has 0 radical (unpaired) electrons. The summed E-state index contributed by atoms with van der Waals surface area (Å²) in [6.45, 7) is 3.29. The molecule has 1 aliphatic rings. The number of morpholine rings is 1. The molecule has 1 fully saturated rings. The van der Waals surface area contributed by atoms with Gasteiger partial charge >= 0.3 is 0 Å². The summed E-state index contributed by atoms with van der Waals surface area (Å²) in [5.41, 5.74) is 0.603. The van der Waals surface area contributed by atoms with Crippen LogP contribution in [0.5, 0.6) is 5.75 Å². The summed E-state index contributed by atoms with van der Waals surface area (Å²) in [6, 6.07) is 7.15. The summed E-state index contributed by atoms with van der Waals surface area (Å²) in [5.74, 6) is 1.94. The molecule has 7 heteroatoms. The fourth-order valence-electron chi connectivity index (χ4n) is 2.43. The second-order valence-corrected chi connectivity index (χ2v) is 5.12. The van der Waals surface area contributed by atoms with Crippen LogP contribution in [-0.2, 0) is 4.74 Å². The molecule has 22 heavy (non-hydrogen) atoms. The zero-order valence-corrected chi connectivity index (χ0v) is 12.6. The summed E-state index contributed by atoms with van der Waals surface area (Å²) in [6.07, 6.45) is -0.298. The second kappa shape index (κ2) is 6.15. The number of carbonyl (C=O) groups excluding carboxylic acids is 1. The Hall–Kier alpha value is -2.41. The van der Waals surface area contributed by atoms with Crippen molar-refractivity contribution in [2.75, 3.05) is 26.8 Å². The Morgan fingerprint density at radius 2 is 2.36 bits per heavy atom. The second-order valence-electron chi connectivity index (χ2n) is 5.12. The molecule has 1 N–H and O–H groups in total. The number of carbonyl (C=O) groups is 1. The average Bonchev–Trinajstić information content (AvgIpc) is 3.01. The Labute approximate surface area is 128 Å². The molecule has 0 bridgehead atoms. The Kier molecular flexibility index (Phi) is 4.06. The van der Waals surface area contributed by atoms with Crippen molar-refractivity contribution >= 4 is 5.91 Å². The number of aromatic nitrogens is 3. The zero-order chi connectivity index (χ0) is 15.5. The van der Waals surface area contributed by atoms with Crippen LogP contribution in [0.25, 0.3) is 0 Å². The lowest BCUT2D eigenvalue weighted by atomic mass is 10.1. The number of hydrogen-bond donors (Lipinski definition) is 1. The molecule has 7 nitrogen and oxygen atoms in total. The number of methoxy groups -OCH3 is 1. The third kappa shape index (κ3) is 2.94. The first-order chi connectivity index (χ1) is 10.7. The van der Waals surface area contributed by atoms with E-state index in [1.165, 1.54) is 0 Å². The largest absolute Gasteiger partial charge is 0.497 e. The Morgan fingerprint density at radius 1 is 1.50 bits per heavy atom. The van der Waals surface area contributed by atoms with Gasteiger partial charge < -0.3 is 14.4 Å². The van der Waals surface area contributed by atoms with Crippen molar-refractivity contribution in [3.05, 3.63) is 41.5 Å². The van der Waals surface area contributed by atoms with Gasteiger partial charge in [0.25, 0.3) is 5.91 Å². The minimum absolute atomic E-state index is 0.0422. The van der Waals surface area contributed by atoms with E-state index in [4.69, 9.17) is 9.47 Å². The smallest absolute Gasteiger partial charge is 0.254 e. The zero-order valence-electron chi connectivity index (χ0n) is 12.6. The van der Waals surface area contributed by atoms with Crippen molar-refractivity contribution < 1.29 is 14.3 Å². The molecule has 3 rings (SSSR count). The number of nitrogens with one attached hydrogen (secondary N) is 1. The maximum atomic E-state index is 12.6. The molecule has 1 saturated heterocycles. The minimum atomic E-state index is -0.298. The van der Waals surface area contributed by atoms with Crippen molar-refractivity contribution in [1.29, 1.82) is 0 Å². The van der Waals surface area contributed by atoms with Gasteiger partial charge in [-0.05, 0) is 25.1 Å². The van der Waals surface area contributed by atoms with E-state index in [9.17, 15) is 4.79 Å². The van der Waals surface area contributed by atoms with E-state index in [-0.39, 0.29) is 12.0 Å². The molecule has 0 aliphatic carbocycles. The highest BCUT2D eigenvalue weighted by molar-refractivity contribution is 5.94. The Bertz CT molecular complexity index is 670. The maximum Gasteiger partial charge on any atom is 0.254 e. The fraction of sp³-hybridized carbons (Fsp3) is 0.400. The Morgan fingerprint density at radius 3 is 3.09 bits per heavy atom. The first kappa shape index (κ1) is 14.5. The summed E-state index contributed by atoms with van der Waals surface area (Å²) in [4.78, 5) is 18.7. The number of amides is 1. The van der Waals surface area contributed by atoms with Gasteiger partial charge in [0.05, 0.1) is 20.3 Å². The van der Waals surface area contributed by atoms with Gasteiger partial charge in [0, 0.05) is 12.1 Å². The average molecular weight is 302 g/mol. The summed E-state index contributed by atoms with van der Waals surface area (Å²) in [5, 5.41) is 6.91. The highest BCUT2D eigenvalue weighted by Gasteiger charge is 2.28. The van der Waals surface area contributed by atoms with Crippen LogP contribution in [-0.4, -0.2) is 52.8 Å². The van der Waals surface area contributed by atoms with E-state index in [1.807, 2.05) is 19.1 Å². The van der Waals surface area contributed by atoms with Gasteiger partial charge in [0.2, 0.25) is 0 Å². The molecule has 1 aromatic heterocycles. The molecule has 1 atom stereocenters. The summed E-state index contributed by atoms with van der Waals surface area (Å²) >= 11 is 0. The normalized spacial score (nSPS) is 18.3. The predicted octanol–water partition coefficient (Wildman–Crippen LogP) is 1.34. The number of hydrogen-bond acceptors (Lipinski definition) is 5. The van der Waals surface area contributed by atoms with Crippen LogP contribution in [0.4, 0.5) is 0 Å². The van der Waals surface area contributed by atoms with Crippen LogP contribution < -0.4 is 4.74 Å². The van der Waals surface area contributed by atoms with Gasteiger partial charge in [-0.3, -0.25) is 9.89 Å². The number of aryl methyl sites for hydroxylation is 1. The summed E-state index contributed by atoms with van der Waals surface area (Å²) < 4.78 is 10.8. The Balaban J connectivity index is 1.75. The first-order valence-corrected chi connectivity index (χ1v) is 7.11. The van der Waals surface area contributed by atoms with Gasteiger partial charge in [0.1, 0.15) is 17.7 Å². The molecule has 2 aromatic rings. The molecule has 116 valence electrons. The molecular formula is C15H18N4O3. The van der Waals surface area contributed by atoms with E-state index in [0.29, 0.717) is 36.8 Å². The topological polar surface area (TPSA) is 80.3 Å². The molecule has 1 unspecified atom stereocenters. The quantitative estimate of drug-likeness (QED) is 0.925. The lowest BCUT2D eigenvalue weighted by molar-refractivity contribution is -0.0266. The van der Waals surface area contributed by atoms with Gasteiger partial charge in [-0.1, -0.05) is 6.07 Å². The number of benzene rings is 1. The molecule has 0 spiro atoms. The highest BCUT2D eigenvalue weighted by atomic mass is 16.5. The van der Waals surface area contributed by atoms with E-state index >= 15 is 0 Å². The van der Waals surface area contributed by atoms with Crippen molar-refractivity contribution in [2.45, 2.75) is 13.0 Å². The third-order valence-electron chi connectivity index (χ3n) is 3.57. The van der Waals surface area contributed by atoms with E-state index in [1.54, 1.807) is 24.1 Å². The van der Waals surface area contributed by atoms with Crippen molar-refractivity contribution in [2.24, 2.45) is 0 Å². The number of nitrogens with zero attached hydrogens (tertiary/aromatic N) is 3. The number of aromatic amines is 1. The van der Waals surface area contributed by atoms with E-state index < -0.39 is 0 Å². The number of rotatable bonds is 3. The van der Waals surface area contributed by atoms with E-state index in [2.05, 4.69) is 15.2 Å². The van der Waals surface area contributed by atoms with Gasteiger partial charge in [-0.25, -0.2) is 4.98 Å². The van der Waals surface area contributed by atoms with Crippen LogP contribution in [0.3, 0.4) is 0 Å². The van der Waals surface area contributed by atoms with Crippen LogP contribution in [0, 0.1) is 6.92 Å². The van der Waals surface area contributed by atoms with E-state index in [0.717, 1.165) is 5.82 Å². The van der Waals surface area contributed by atoms with Crippen LogP contribution in [0.1, 0.15) is 28.1 Å². The number of ether oxygens (including phenoxy) is 2. The van der Waals surface area contributed by atoms with Gasteiger partial charge in [0.15, 0.2) is 5.82 Å². The molecule has 0 saturated carbocycles. The maximum absolute atomic E-state index is 12.6. The van der Waals surface area contributed by atoms with Crippen molar-refractivity contribution in [3.8, 4) is 5.75 Å². The molecular weight excluding hydrogens is 284 g/mol. The SMILES string of the molecule is COc1cccc(C(=O)N2CCOC(c3n[nH]c(C)n3)C2)c1. The van der Waals surface area contributed by atoms with Crippen LogP contribution in [0.2, 0.25) is 0 Å². The van der Waals surface area contributed by atoms with Crippen molar-refractivity contribution in [3.63, 3.8) is 0 Å². The predicted molar refractivity (Wildman–Crippen MR) is 78.7 cm³/mol. The highest BCUT2D eigenvalue weighted by Crippen LogP contribution is 2.21. The lowest BCUT2D eigenvalue weighted by Gasteiger charge is -2.31. The van der Waals surface area contributed by atoms with Gasteiger partial charge in [-0.2, -0.15) is 5.10 Å². The van der Waals surface area contributed by atoms with Crippen LogP contribution in [0.15, 0.2) is 24.3 Å². The molecule has 1 aromatic carbocycles. The van der Waals surface area contributed by atoms with Crippen LogP contribution >= 0.6 is 0 Å². The number of H-pyrrole nitrogens is 1. The lowest BCUT2D eigenvalue weighted by Crippen LogP contribution is -2.42. The molecule has 1 amide bonds. The molecule has 1 aliphatic heterocycles. The minimum Gasteiger partial charge on any atom is -0.497 e. The molecule has 2 heterocycles. The standard InChI is InChI=1S/C15H18N4O3/c1-10-16-14(18-17-10)13-9-19(6-7-22-13)15(20)11-4-3-5-12(8-11)21-2/h3-5,8,13H,6-7,9H2,1-2H3,(H,16,17,18). The van der Waals surface area contributed by atoms with Crippen molar-refractivity contribution in [1.82, 2.24) is 20.1 Å². The fourth-order valence-corrected chi connectivity index (χ4v) is 2.43. The first-order valence-electron chi connectivity index (χ1n) is 7.11. The monoisotopic (exact) mass is 302 g/mol. The summed E-state index contributed by atoms with van der Waals surface area (Å²) in [7, 11) is 1.58. The third-order valence-corrected chi connectivity index (χ3v) is 3.57.